The summed E-state index contributed by atoms with van der Waals surface area (Å²) in [6, 6.07) is 11.4. The molecule has 2 aromatic rings. The molecule has 4 nitrogen and oxygen atoms in total. The zero-order valence-electron chi connectivity index (χ0n) is 12.8. The number of rotatable bonds is 7. The third kappa shape index (κ3) is 5.48. The summed E-state index contributed by atoms with van der Waals surface area (Å²) in [5.74, 6) is -0.0966. The number of hydrogen-bond acceptors (Lipinski definition) is 3. The van der Waals surface area contributed by atoms with Gasteiger partial charge in [0.05, 0.1) is 10.9 Å². The maximum Gasteiger partial charge on any atom is 0.261 e. The van der Waals surface area contributed by atoms with E-state index in [0.29, 0.717) is 24.3 Å². The standard InChI is InChI=1S/C17H19BrN2O2S/c1-12(13-6-2-3-7-14(13)18)20-16(21)9-4-10-19-17(22)15-8-5-11-23-15/h2-3,5-8,11-12H,4,9-10H2,1H3,(H,19,22)(H,20,21). The van der Waals surface area contributed by atoms with Gasteiger partial charge >= 0.3 is 0 Å². The van der Waals surface area contributed by atoms with Crippen LogP contribution in [0.3, 0.4) is 0 Å². The van der Waals surface area contributed by atoms with Gasteiger partial charge < -0.3 is 10.6 Å². The molecule has 0 spiro atoms. The molecule has 0 fully saturated rings. The van der Waals surface area contributed by atoms with Crippen molar-refractivity contribution in [3.05, 3.63) is 56.7 Å². The average molecular weight is 395 g/mol. The number of halogens is 1. The van der Waals surface area contributed by atoms with Crippen LogP contribution in [-0.4, -0.2) is 18.4 Å². The molecule has 1 heterocycles. The Hall–Kier alpha value is -1.66. The van der Waals surface area contributed by atoms with Crippen LogP contribution in [0.5, 0.6) is 0 Å². The Morgan fingerprint density at radius 2 is 2.00 bits per heavy atom. The number of carbonyl (C=O) groups excluding carboxylic acids is 2. The third-order valence-electron chi connectivity index (χ3n) is 3.36. The van der Waals surface area contributed by atoms with E-state index in [1.165, 1.54) is 11.3 Å². The van der Waals surface area contributed by atoms with E-state index in [1.807, 2.05) is 42.6 Å². The van der Waals surface area contributed by atoms with Crippen LogP contribution >= 0.6 is 27.3 Å². The molecule has 1 atom stereocenters. The number of hydrogen-bond donors (Lipinski definition) is 2. The summed E-state index contributed by atoms with van der Waals surface area (Å²) in [6.45, 7) is 2.45. The van der Waals surface area contributed by atoms with Crippen molar-refractivity contribution in [3.8, 4) is 0 Å². The van der Waals surface area contributed by atoms with Crippen molar-refractivity contribution in [2.24, 2.45) is 0 Å². The van der Waals surface area contributed by atoms with E-state index < -0.39 is 0 Å². The van der Waals surface area contributed by atoms with Crippen molar-refractivity contribution in [2.75, 3.05) is 6.54 Å². The lowest BCUT2D eigenvalue weighted by Gasteiger charge is -2.15. The molecule has 0 saturated heterocycles. The lowest BCUT2D eigenvalue weighted by Crippen LogP contribution is -2.29. The predicted octanol–water partition coefficient (Wildman–Crippen LogP) is 3.90. The second-order valence-corrected chi connectivity index (χ2v) is 6.95. The van der Waals surface area contributed by atoms with Crippen LogP contribution in [0, 0.1) is 0 Å². The third-order valence-corrected chi connectivity index (χ3v) is 4.95. The Morgan fingerprint density at radius 3 is 2.70 bits per heavy atom. The number of benzene rings is 1. The molecule has 2 amide bonds. The van der Waals surface area contributed by atoms with E-state index in [0.717, 1.165) is 10.0 Å². The molecule has 0 aliphatic carbocycles. The maximum absolute atomic E-state index is 12.0. The van der Waals surface area contributed by atoms with Crippen LogP contribution in [0.1, 0.15) is 41.0 Å². The van der Waals surface area contributed by atoms with E-state index in [4.69, 9.17) is 0 Å². The van der Waals surface area contributed by atoms with Crippen molar-refractivity contribution < 1.29 is 9.59 Å². The van der Waals surface area contributed by atoms with Gasteiger partial charge in [-0.05, 0) is 36.4 Å². The Labute approximate surface area is 148 Å². The van der Waals surface area contributed by atoms with Crippen LogP contribution in [0.2, 0.25) is 0 Å². The quantitative estimate of drug-likeness (QED) is 0.699. The Morgan fingerprint density at radius 1 is 1.22 bits per heavy atom. The van der Waals surface area contributed by atoms with Crippen molar-refractivity contribution in [1.82, 2.24) is 10.6 Å². The largest absolute Gasteiger partial charge is 0.351 e. The lowest BCUT2D eigenvalue weighted by molar-refractivity contribution is -0.121. The first-order valence-corrected chi connectivity index (χ1v) is 9.10. The Kier molecular flexibility index (Phi) is 6.80. The van der Waals surface area contributed by atoms with Crippen molar-refractivity contribution in [2.45, 2.75) is 25.8 Å². The Bertz CT molecular complexity index is 658. The summed E-state index contributed by atoms with van der Waals surface area (Å²) < 4.78 is 0.982. The van der Waals surface area contributed by atoms with Crippen molar-refractivity contribution >= 4 is 39.1 Å². The van der Waals surface area contributed by atoms with Crippen LogP contribution in [0.4, 0.5) is 0 Å². The van der Waals surface area contributed by atoms with Crippen LogP contribution in [0.25, 0.3) is 0 Å². The summed E-state index contributed by atoms with van der Waals surface area (Å²) in [5.41, 5.74) is 1.05. The van der Waals surface area contributed by atoms with Gasteiger partial charge in [0.1, 0.15) is 0 Å². The van der Waals surface area contributed by atoms with E-state index >= 15 is 0 Å². The van der Waals surface area contributed by atoms with E-state index in [-0.39, 0.29) is 17.9 Å². The molecule has 0 bridgehead atoms. The summed E-state index contributed by atoms with van der Waals surface area (Å²) in [7, 11) is 0. The Balaban J connectivity index is 1.69. The highest BCUT2D eigenvalue weighted by Crippen LogP contribution is 2.22. The van der Waals surface area contributed by atoms with Crippen molar-refractivity contribution in [3.63, 3.8) is 0 Å². The maximum atomic E-state index is 12.0. The van der Waals surface area contributed by atoms with Crippen LogP contribution in [-0.2, 0) is 4.79 Å². The summed E-state index contributed by atoms with van der Waals surface area (Å²) in [4.78, 5) is 24.4. The molecule has 2 N–H and O–H groups in total. The SMILES string of the molecule is CC(NC(=O)CCCNC(=O)c1cccs1)c1ccccc1Br. The van der Waals surface area contributed by atoms with Gasteiger partial charge in [-0.2, -0.15) is 0 Å². The molecular formula is C17H19BrN2O2S. The minimum atomic E-state index is -0.0815. The molecular weight excluding hydrogens is 376 g/mol. The molecule has 23 heavy (non-hydrogen) atoms. The number of carbonyl (C=O) groups is 2. The average Bonchev–Trinajstić information content (AvgIpc) is 3.06. The minimum absolute atomic E-state index is 0.0152. The normalized spacial score (nSPS) is 11.7. The minimum Gasteiger partial charge on any atom is -0.351 e. The fourth-order valence-electron chi connectivity index (χ4n) is 2.16. The van der Waals surface area contributed by atoms with Crippen LogP contribution < -0.4 is 10.6 Å². The zero-order valence-corrected chi connectivity index (χ0v) is 15.2. The van der Waals surface area contributed by atoms with Gasteiger partial charge in [0, 0.05) is 17.4 Å². The summed E-state index contributed by atoms with van der Waals surface area (Å²) in [6.07, 6.45) is 1.01. The zero-order chi connectivity index (χ0) is 16.7. The second-order valence-electron chi connectivity index (χ2n) is 5.15. The number of thiophene rings is 1. The molecule has 122 valence electrons. The van der Waals surface area contributed by atoms with Gasteiger partial charge in [-0.25, -0.2) is 0 Å². The fraction of sp³-hybridized carbons (Fsp3) is 0.294. The van der Waals surface area contributed by atoms with Gasteiger partial charge in [-0.3, -0.25) is 9.59 Å². The highest BCUT2D eigenvalue weighted by Gasteiger charge is 2.12. The highest BCUT2D eigenvalue weighted by molar-refractivity contribution is 9.10. The molecule has 0 radical (unpaired) electrons. The van der Waals surface area contributed by atoms with E-state index in [1.54, 1.807) is 6.07 Å². The summed E-state index contributed by atoms with van der Waals surface area (Å²) >= 11 is 4.89. The molecule has 0 aliphatic heterocycles. The van der Waals surface area contributed by atoms with Gasteiger partial charge in [0.15, 0.2) is 0 Å². The van der Waals surface area contributed by atoms with Crippen LogP contribution in [0.15, 0.2) is 46.3 Å². The molecule has 2 rings (SSSR count). The van der Waals surface area contributed by atoms with E-state index in [9.17, 15) is 9.59 Å². The van der Waals surface area contributed by atoms with E-state index in [2.05, 4.69) is 26.6 Å². The molecule has 0 aliphatic rings. The van der Waals surface area contributed by atoms with Gasteiger partial charge in [0.25, 0.3) is 5.91 Å². The predicted molar refractivity (Wildman–Crippen MR) is 96.6 cm³/mol. The first-order chi connectivity index (χ1) is 11.1. The monoisotopic (exact) mass is 394 g/mol. The number of nitrogens with one attached hydrogen (secondary N) is 2. The molecule has 0 saturated carbocycles. The summed E-state index contributed by atoms with van der Waals surface area (Å²) in [5, 5.41) is 7.66. The molecule has 1 unspecified atom stereocenters. The molecule has 1 aromatic heterocycles. The van der Waals surface area contributed by atoms with Gasteiger partial charge in [0.2, 0.25) is 5.91 Å². The van der Waals surface area contributed by atoms with Gasteiger partial charge in [-0.15, -0.1) is 11.3 Å². The topological polar surface area (TPSA) is 58.2 Å². The number of amides is 2. The smallest absolute Gasteiger partial charge is 0.261 e. The highest BCUT2D eigenvalue weighted by atomic mass is 79.9. The fourth-order valence-corrected chi connectivity index (χ4v) is 3.43. The molecule has 1 aromatic carbocycles. The first-order valence-electron chi connectivity index (χ1n) is 7.43. The van der Waals surface area contributed by atoms with Gasteiger partial charge in [-0.1, -0.05) is 40.2 Å². The molecule has 6 heteroatoms. The van der Waals surface area contributed by atoms with Crippen molar-refractivity contribution in [1.29, 1.82) is 0 Å². The first kappa shape index (κ1) is 17.7. The lowest BCUT2D eigenvalue weighted by atomic mass is 10.1. The second kappa shape index (κ2) is 8.84.